The van der Waals surface area contributed by atoms with E-state index in [1.54, 1.807) is 0 Å². The molecule has 0 amide bonds. The van der Waals surface area contributed by atoms with Crippen LogP contribution in [-0.2, 0) is 4.74 Å². The number of nitrogen functional groups attached to an aromatic ring is 1. The van der Waals surface area contributed by atoms with Gasteiger partial charge in [0.15, 0.2) is 0 Å². The van der Waals surface area contributed by atoms with Crippen molar-refractivity contribution in [1.82, 2.24) is 0 Å². The molecular formula is C15H18F2N2O2. The van der Waals surface area contributed by atoms with Crippen molar-refractivity contribution in [3.8, 4) is 6.07 Å². The smallest absolute Gasteiger partial charge is 0.341 e. The number of benzene rings is 1. The molecule has 0 bridgehead atoms. The predicted octanol–water partition coefficient (Wildman–Crippen LogP) is 3.42. The Morgan fingerprint density at radius 1 is 1.33 bits per heavy atom. The number of unbranched alkanes of at least 4 members (excludes halogenated alkanes) is 1. The van der Waals surface area contributed by atoms with E-state index in [1.807, 2.05) is 13.8 Å². The summed E-state index contributed by atoms with van der Waals surface area (Å²) in [5.74, 6) is -2.79. The number of nitrogens with two attached hydrogens (primary N) is 1. The van der Waals surface area contributed by atoms with Gasteiger partial charge in [0.2, 0.25) is 0 Å². The summed E-state index contributed by atoms with van der Waals surface area (Å²) in [5, 5.41) is 8.85. The summed E-state index contributed by atoms with van der Waals surface area (Å²) < 4.78 is 31.3. The van der Waals surface area contributed by atoms with Crippen molar-refractivity contribution >= 4 is 11.7 Å². The topological polar surface area (TPSA) is 76.1 Å². The van der Waals surface area contributed by atoms with E-state index in [-0.39, 0.29) is 17.9 Å². The highest BCUT2D eigenvalue weighted by Crippen LogP contribution is 2.22. The summed E-state index contributed by atoms with van der Waals surface area (Å²) in [5.41, 5.74) is 4.18. The zero-order valence-electron chi connectivity index (χ0n) is 12.1. The van der Waals surface area contributed by atoms with Crippen LogP contribution in [0.1, 0.15) is 43.5 Å². The number of hydrogen-bond acceptors (Lipinski definition) is 4. The number of carbonyl (C=O) groups is 1. The molecule has 0 aliphatic carbocycles. The van der Waals surface area contributed by atoms with Gasteiger partial charge in [0.25, 0.3) is 0 Å². The number of rotatable bonds is 6. The van der Waals surface area contributed by atoms with Crippen LogP contribution in [0.5, 0.6) is 0 Å². The number of nitriles is 1. The van der Waals surface area contributed by atoms with Crippen LogP contribution in [-0.4, -0.2) is 12.6 Å². The molecule has 0 heterocycles. The number of anilines is 1. The summed E-state index contributed by atoms with van der Waals surface area (Å²) in [6, 6.07) is 3.66. The third-order valence-corrected chi connectivity index (χ3v) is 3.04. The first kappa shape index (κ1) is 16.9. The predicted molar refractivity (Wildman–Crippen MR) is 74.3 cm³/mol. The highest BCUT2D eigenvalue weighted by Gasteiger charge is 2.17. The third-order valence-electron chi connectivity index (χ3n) is 3.04. The number of esters is 1. The molecule has 0 radical (unpaired) electrons. The van der Waals surface area contributed by atoms with E-state index in [9.17, 15) is 13.6 Å². The molecule has 0 aromatic heterocycles. The molecular weight excluding hydrogens is 278 g/mol. The largest absolute Gasteiger partial charge is 0.462 e. The normalized spacial score (nSPS) is 11.0. The summed E-state index contributed by atoms with van der Waals surface area (Å²) in [7, 11) is 0. The molecule has 0 unspecified atom stereocenters. The Morgan fingerprint density at radius 2 is 2.00 bits per heavy atom. The molecule has 0 aliphatic rings. The van der Waals surface area contributed by atoms with Gasteiger partial charge >= 0.3 is 5.97 Å². The molecule has 0 fully saturated rings. The average Bonchev–Trinajstić information content (AvgIpc) is 2.42. The van der Waals surface area contributed by atoms with Gasteiger partial charge in [-0.25, -0.2) is 13.6 Å². The van der Waals surface area contributed by atoms with Crippen molar-refractivity contribution in [2.75, 3.05) is 12.3 Å². The molecule has 1 aromatic rings. The molecule has 4 nitrogen and oxygen atoms in total. The van der Waals surface area contributed by atoms with E-state index in [0.29, 0.717) is 25.3 Å². The van der Waals surface area contributed by atoms with Crippen LogP contribution in [0.25, 0.3) is 0 Å². The van der Waals surface area contributed by atoms with E-state index in [2.05, 4.69) is 6.07 Å². The lowest BCUT2D eigenvalue weighted by Crippen LogP contribution is -2.11. The number of halogens is 2. The lowest BCUT2D eigenvalue weighted by atomic mass is 9.89. The van der Waals surface area contributed by atoms with Crippen molar-refractivity contribution < 1.29 is 18.3 Å². The van der Waals surface area contributed by atoms with Gasteiger partial charge in [-0.2, -0.15) is 5.26 Å². The van der Waals surface area contributed by atoms with Crippen molar-refractivity contribution in [1.29, 1.82) is 5.26 Å². The van der Waals surface area contributed by atoms with Crippen LogP contribution in [0.15, 0.2) is 12.1 Å². The second kappa shape index (κ2) is 7.02. The molecule has 0 saturated carbocycles. The quantitative estimate of drug-likeness (QED) is 0.496. The average molecular weight is 296 g/mol. The summed E-state index contributed by atoms with van der Waals surface area (Å²) in [4.78, 5) is 11.7. The van der Waals surface area contributed by atoms with Crippen LogP contribution < -0.4 is 5.73 Å². The first-order valence-electron chi connectivity index (χ1n) is 6.60. The van der Waals surface area contributed by atoms with Crippen molar-refractivity contribution in [3.05, 3.63) is 29.3 Å². The first-order valence-corrected chi connectivity index (χ1v) is 6.60. The zero-order valence-corrected chi connectivity index (χ0v) is 12.1. The summed E-state index contributed by atoms with van der Waals surface area (Å²) >= 11 is 0. The standard InChI is InChI=1S/C15H18F2N2O2/c1-15(2,9-18)5-3-4-6-21-14(20)10-7-13(19)12(17)8-11(10)16/h7-8H,3-6,19H2,1-2H3. The number of nitrogens with zero attached hydrogens (tertiary/aromatic N) is 1. The molecule has 21 heavy (non-hydrogen) atoms. The first-order chi connectivity index (χ1) is 9.76. The number of carbonyl (C=O) groups excluding carboxylic acids is 1. The molecule has 1 rings (SSSR count). The second-order valence-corrected chi connectivity index (χ2v) is 5.44. The van der Waals surface area contributed by atoms with Crippen molar-refractivity contribution in [2.24, 2.45) is 5.41 Å². The molecule has 0 spiro atoms. The Labute approximate surface area is 122 Å². The number of hydrogen-bond donors (Lipinski definition) is 1. The SMILES string of the molecule is CC(C)(C#N)CCCCOC(=O)c1cc(N)c(F)cc1F. The Morgan fingerprint density at radius 3 is 2.62 bits per heavy atom. The fourth-order valence-corrected chi connectivity index (χ4v) is 1.69. The molecule has 114 valence electrons. The van der Waals surface area contributed by atoms with Gasteiger partial charge in [-0.05, 0) is 39.2 Å². The third kappa shape index (κ3) is 5.03. The minimum absolute atomic E-state index is 0.108. The molecule has 2 N–H and O–H groups in total. The molecule has 6 heteroatoms. The van der Waals surface area contributed by atoms with E-state index in [0.717, 1.165) is 6.07 Å². The van der Waals surface area contributed by atoms with E-state index >= 15 is 0 Å². The highest BCUT2D eigenvalue weighted by molar-refractivity contribution is 5.90. The number of ether oxygens (including phenoxy) is 1. The fourth-order valence-electron chi connectivity index (χ4n) is 1.69. The maximum absolute atomic E-state index is 13.4. The van der Waals surface area contributed by atoms with Crippen molar-refractivity contribution in [2.45, 2.75) is 33.1 Å². The van der Waals surface area contributed by atoms with Gasteiger partial charge in [0.05, 0.1) is 29.3 Å². The van der Waals surface area contributed by atoms with Gasteiger partial charge in [-0.3, -0.25) is 0 Å². The van der Waals surface area contributed by atoms with Gasteiger partial charge in [0, 0.05) is 6.07 Å². The summed E-state index contributed by atoms with van der Waals surface area (Å²) in [6.45, 7) is 3.77. The van der Waals surface area contributed by atoms with Crippen LogP contribution in [0.2, 0.25) is 0 Å². The fraction of sp³-hybridized carbons (Fsp3) is 0.467. The summed E-state index contributed by atoms with van der Waals surface area (Å²) in [6.07, 6.45) is 1.95. The minimum Gasteiger partial charge on any atom is -0.462 e. The van der Waals surface area contributed by atoms with Gasteiger partial charge in [-0.1, -0.05) is 0 Å². The zero-order chi connectivity index (χ0) is 16.0. The Balaban J connectivity index is 2.45. The minimum atomic E-state index is -1.00. The van der Waals surface area contributed by atoms with E-state index in [4.69, 9.17) is 15.7 Å². The Kier molecular flexibility index (Phi) is 5.65. The second-order valence-electron chi connectivity index (χ2n) is 5.44. The molecule has 0 aliphatic heterocycles. The highest BCUT2D eigenvalue weighted by atomic mass is 19.1. The van der Waals surface area contributed by atoms with Gasteiger partial charge in [0.1, 0.15) is 11.6 Å². The van der Waals surface area contributed by atoms with E-state index < -0.39 is 23.0 Å². The lowest BCUT2D eigenvalue weighted by Gasteiger charge is -2.14. The molecule has 0 atom stereocenters. The molecule has 1 aromatic carbocycles. The molecule has 0 saturated heterocycles. The van der Waals surface area contributed by atoms with Gasteiger partial charge < -0.3 is 10.5 Å². The van der Waals surface area contributed by atoms with Crippen LogP contribution in [0.4, 0.5) is 14.5 Å². The maximum atomic E-state index is 13.4. The Hall–Kier alpha value is -2.16. The van der Waals surface area contributed by atoms with Gasteiger partial charge in [-0.15, -0.1) is 0 Å². The maximum Gasteiger partial charge on any atom is 0.341 e. The van der Waals surface area contributed by atoms with Crippen LogP contribution >= 0.6 is 0 Å². The monoisotopic (exact) mass is 296 g/mol. The lowest BCUT2D eigenvalue weighted by molar-refractivity contribution is 0.0491. The van der Waals surface area contributed by atoms with Crippen molar-refractivity contribution in [3.63, 3.8) is 0 Å². The van der Waals surface area contributed by atoms with E-state index in [1.165, 1.54) is 0 Å². The Bertz CT molecular complexity index is 566. The van der Waals surface area contributed by atoms with Crippen LogP contribution in [0.3, 0.4) is 0 Å². The van der Waals surface area contributed by atoms with Crippen LogP contribution in [0, 0.1) is 28.4 Å².